The number of nitrogens with zero attached hydrogens (tertiary/aromatic N) is 1. The lowest BCUT2D eigenvalue weighted by molar-refractivity contribution is 0.186. The van der Waals surface area contributed by atoms with Crippen molar-refractivity contribution >= 4 is 6.03 Å². The Bertz CT molecular complexity index is 172. The molecule has 0 radical (unpaired) electrons. The highest BCUT2D eigenvalue weighted by Crippen LogP contribution is 2.22. The van der Waals surface area contributed by atoms with Crippen molar-refractivity contribution < 1.29 is 4.79 Å². The van der Waals surface area contributed by atoms with Gasteiger partial charge in [0.2, 0.25) is 0 Å². The minimum Gasteiger partial charge on any atom is -0.351 e. The number of carbonyl (C=O) groups excluding carboxylic acids is 1. The van der Waals surface area contributed by atoms with Crippen LogP contribution in [0.4, 0.5) is 4.79 Å². The molecule has 1 saturated heterocycles. The highest BCUT2D eigenvalue weighted by atomic mass is 16.2. The standard InChI is InChI=1S/C8H17N3O/c1-6(5-9)7-3-2-4-11(7)8(10)12/h6-7H,2-5,9H2,1H3,(H2,10,12). The topological polar surface area (TPSA) is 72.3 Å². The molecule has 70 valence electrons. The van der Waals surface area contributed by atoms with E-state index in [4.69, 9.17) is 11.5 Å². The largest absolute Gasteiger partial charge is 0.351 e. The highest BCUT2D eigenvalue weighted by Gasteiger charge is 2.30. The van der Waals surface area contributed by atoms with E-state index in [1.165, 1.54) is 0 Å². The predicted octanol–water partition coefficient (Wildman–Crippen LogP) is 0.124. The zero-order valence-corrected chi connectivity index (χ0v) is 7.49. The maximum Gasteiger partial charge on any atom is 0.315 e. The van der Waals surface area contributed by atoms with E-state index < -0.39 is 0 Å². The number of carbonyl (C=O) groups is 1. The maximum atomic E-state index is 10.9. The Morgan fingerprint density at radius 1 is 1.75 bits per heavy atom. The minimum absolute atomic E-state index is 0.271. The number of amides is 2. The molecule has 2 atom stereocenters. The van der Waals surface area contributed by atoms with Crippen LogP contribution in [0.15, 0.2) is 0 Å². The van der Waals surface area contributed by atoms with Crippen LogP contribution >= 0.6 is 0 Å². The highest BCUT2D eigenvalue weighted by molar-refractivity contribution is 5.72. The van der Waals surface area contributed by atoms with Crippen LogP contribution in [0.5, 0.6) is 0 Å². The molecule has 0 spiro atoms. The number of hydrogen-bond acceptors (Lipinski definition) is 2. The summed E-state index contributed by atoms with van der Waals surface area (Å²) in [5.41, 5.74) is 10.8. The summed E-state index contributed by atoms with van der Waals surface area (Å²) in [6.45, 7) is 3.48. The molecule has 0 bridgehead atoms. The average Bonchev–Trinajstić information content (AvgIpc) is 2.50. The first kappa shape index (κ1) is 9.32. The van der Waals surface area contributed by atoms with Gasteiger partial charge in [0.1, 0.15) is 0 Å². The van der Waals surface area contributed by atoms with Crippen LogP contribution in [-0.4, -0.2) is 30.1 Å². The molecule has 1 aliphatic heterocycles. The second kappa shape index (κ2) is 3.76. The molecular weight excluding hydrogens is 154 g/mol. The Hall–Kier alpha value is -0.770. The van der Waals surface area contributed by atoms with E-state index in [1.54, 1.807) is 4.90 Å². The number of rotatable bonds is 2. The summed E-state index contributed by atoms with van der Waals surface area (Å²) >= 11 is 0. The molecule has 1 rings (SSSR count). The van der Waals surface area contributed by atoms with Crippen LogP contribution in [0, 0.1) is 5.92 Å². The molecule has 0 aromatic rings. The third kappa shape index (κ3) is 1.69. The van der Waals surface area contributed by atoms with Crippen molar-refractivity contribution in [2.75, 3.05) is 13.1 Å². The van der Waals surface area contributed by atoms with E-state index in [9.17, 15) is 4.79 Å². The van der Waals surface area contributed by atoms with Crippen LogP contribution in [0.1, 0.15) is 19.8 Å². The van der Waals surface area contributed by atoms with Gasteiger partial charge in [-0.3, -0.25) is 0 Å². The van der Waals surface area contributed by atoms with Gasteiger partial charge < -0.3 is 16.4 Å². The summed E-state index contributed by atoms with van der Waals surface area (Å²) in [5.74, 6) is 0.361. The number of likely N-dealkylation sites (tertiary alicyclic amines) is 1. The number of urea groups is 1. The minimum atomic E-state index is -0.308. The third-order valence-electron chi connectivity index (χ3n) is 2.61. The van der Waals surface area contributed by atoms with Crippen molar-refractivity contribution in [2.45, 2.75) is 25.8 Å². The quantitative estimate of drug-likeness (QED) is 0.619. The number of primary amides is 1. The SMILES string of the molecule is CC(CN)C1CCCN1C(N)=O. The van der Waals surface area contributed by atoms with Crippen molar-refractivity contribution in [3.05, 3.63) is 0 Å². The molecule has 4 N–H and O–H groups in total. The van der Waals surface area contributed by atoms with Gasteiger partial charge >= 0.3 is 6.03 Å². The molecule has 1 heterocycles. The zero-order chi connectivity index (χ0) is 9.14. The van der Waals surface area contributed by atoms with E-state index in [2.05, 4.69) is 6.92 Å². The summed E-state index contributed by atoms with van der Waals surface area (Å²) in [7, 11) is 0. The van der Waals surface area contributed by atoms with Gasteiger partial charge in [0.25, 0.3) is 0 Å². The smallest absolute Gasteiger partial charge is 0.315 e. The summed E-state index contributed by atoms with van der Waals surface area (Å²) in [5, 5.41) is 0. The first-order valence-corrected chi connectivity index (χ1v) is 4.43. The van der Waals surface area contributed by atoms with Gasteiger partial charge in [-0.2, -0.15) is 0 Å². The van der Waals surface area contributed by atoms with Crippen molar-refractivity contribution in [3.8, 4) is 0 Å². The van der Waals surface area contributed by atoms with E-state index >= 15 is 0 Å². The fourth-order valence-corrected chi connectivity index (χ4v) is 1.81. The summed E-state index contributed by atoms with van der Waals surface area (Å²) in [6.07, 6.45) is 2.10. The van der Waals surface area contributed by atoms with Gasteiger partial charge in [0, 0.05) is 12.6 Å². The molecule has 4 heteroatoms. The van der Waals surface area contributed by atoms with Crippen molar-refractivity contribution in [2.24, 2.45) is 17.4 Å². The monoisotopic (exact) mass is 171 g/mol. The van der Waals surface area contributed by atoms with Gasteiger partial charge in [-0.15, -0.1) is 0 Å². The van der Waals surface area contributed by atoms with E-state index in [0.29, 0.717) is 12.5 Å². The van der Waals surface area contributed by atoms with Gasteiger partial charge in [0.15, 0.2) is 0 Å². The van der Waals surface area contributed by atoms with E-state index in [-0.39, 0.29) is 12.1 Å². The third-order valence-corrected chi connectivity index (χ3v) is 2.61. The molecule has 1 fully saturated rings. The van der Waals surface area contributed by atoms with Gasteiger partial charge in [-0.05, 0) is 25.3 Å². The molecule has 1 aliphatic rings. The lowest BCUT2D eigenvalue weighted by Crippen LogP contribution is -2.44. The summed E-state index contributed by atoms with van der Waals surface area (Å²) in [6, 6.07) is -0.0368. The van der Waals surface area contributed by atoms with Crippen LogP contribution in [0.2, 0.25) is 0 Å². The number of nitrogens with two attached hydrogens (primary N) is 2. The Kier molecular flexibility index (Phi) is 2.92. The fourth-order valence-electron chi connectivity index (χ4n) is 1.81. The average molecular weight is 171 g/mol. The summed E-state index contributed by atoms with van der Waals surface area (Å²) in [4.78, 5) is 12.7. The molecule has 0 aromatic heterocycles. The molecule has 0 aliphatic carbocycles. The van der Waals surface area contributed by atoms with Gasteiger partial charge in [-0.25, -0.2) is 4.79 Å². The molecule has 2 amide bonds. The predicted molar refractivity (Wildman–Crippen MR) is 47.5 cm³/mol. The van der Waals surface area contributed by atoms with Gasteiger partial charge in [-0.1, -0.05) is 6.92 Å². The van der Waals surface area contributed by atoms with Crippen LogP contribution in [-0.2, 0) is 0 Å². The van der Waals surface area contributed by atoms with Crippen LogP contribution in [0.25, 0.3) is 0 Å². The second-order valence-electron chi connectivity index (χ2n) is 3.45. The lowest BCUT2D eigenvalue weighted by Gasteiger charge is -2.27. The molecule has 12 heavy (non-hydrogen) atoms. The first-order valence-electron chi connectivity index (χ1n) is 4.43. The Balaban J connectivity index is 2.57. The maximum absolute atomic E-state index is 10.9. The second-order valence-corrected chi connectivity index (χ2v) is 3.45. The molecule has 4 nitrogen and oxygen atoms in total. The number of hydrogen-bond donors (Lipinski definition) is 2. The van der Waals surface area contributed by atoms with Crippen molar-refractivity contribution in [1.29, 1.82) is 0 Å². The summed E-state index contributed by atoms with van der Waals surface area (Å²) < 4.78 is 0. The molecule has 2 unspecified atom stereocenters. The lowest BCUT2D eigenvalue weighted by atomic mass is 10.0. The zero-order valence-electron chi connectivity index (χ0n) is 7.49. The first-order chi connectivity index (χ1) is 5.66. The van der Waals surface area contributed by atoms with Gasteiger partial charge in [0.05, 0.1) is 0 Å². The van der Waals surface area contributed by atoms with Crippen molar-refractivity contribution in [3.63, 3.8) is 0 Å². The van der Waals surface area contributed by atoms with Crippen LogP contribution in [0.3, 0.4) is 0 Å². The Labute approximate surface area is 72.9 Å². The molecule has 0 aromatic carbocycles. The Morgan fingerprint density at radius 2 is 2.42 bits per heavy atom. The molecular formula is C8H17N3O. The fraction of sp³-hybridized carbons (Fsp3) is 0.875. The Morgan fingerprint density at radius 3 is 2.92 bits per heavy atom. The van der Waals surface area contributed by atoms with Crippen LogP contribution < -0.4 is 11.5 Å². The molecule has 0 saturated carbocycles. The van der Waals surface area contributed by atoms with E-state index in [0.717, 1.165) is 19.4 Å². The van der Waals surface area contributed by atoms with E-state index in [1.807, 2.05) is 0 Å². The van der Waals surface area contributed by atoms with Crippen molar-refractivity contribution in [1.82, 2.24) is 4.90 Å². The normalized spacial score (nSPS) is 25.8.